The lowest BCUT2D eigenvalue weighted by molar-refractivity contribution is 0.00456. The zero-order valence-electron chi connectivity index (χ0n) is 5.16. The van der Waals surface area contributed by atoms with E-state index in [0.717, 1.165) is 10.0 Å². The second-order valence-corrected chi connectivity index (χ2v) is 2.72. The molecular weight excluding hydrogens is 192 g/mol. The van der Waals surface area contributed by atoms with Crippen LogP contribution in [0.5, 0.6) is 0 Å². The minimum absolute atomic E-state index is 0.872. The predicted octanol–water partition coefficient (Wildman–Crippen LogP) is 2.10. The molecule has 0 spiro atoms. The Bertz CT molecular complexity index is 277. The van der Waals surface area contributed by atoms with E-state index in [1.54, 1.807) is 0 Å². The van der Waals surface area contributed by atoms with Gasteiger partial charge in [0.1, 0.15) is 0 Å². The van der Waals surface area contributed by atoms with Crippen molar-refractivity contribution in [3.05, 3.63) is 39.8 Å². The van der Waals surface area contributed by atoms with Gasteiger partial charge in [-0.15, -0.1) is 0 Å². The summed E-state index contributed by atoms with van der Waals surface area (Å²) in [4.78, 5) is 2.90. The van der Waals surface area contributed by atoms with Crippen LogP contribution < -0.4 is 0 Å². The molecule has 0 N–H and O–H groups in total. The van der Waals surface area contributed by atoms with Crippen LogP contribution in [0.25, 0.3) is 5.53 Å². The fraction of sp³-hybridized carbons (Fsp3) is 0. The lowest BCUT2D eigenvalue weighted by Crippen LogP contribution is -1.79. The van der Waals surface area contributed by atoms with Gasteiger partial charge in [-0.2, -0.15) is 4.79 Å². The summed E-state index contributed by atoms with van der Waals surface area (Å²) < 4.78 is 0.977. The van der Waals surface area contributed by atoms with E-state index >= 15 is 0 Å². The normalized spacial score (nSPS) is 8.50. The lowest BCUT2D eigenvalue weighted by atomic mass is 10.2. The number of hydrogen-bond acceptors (Lipinski definition) is 0. The molecule has 2 nitrogen and oxygen atoms in total. The molecule has 0 saturated heterocycles. The molecule has 0 heterocycles. The molecule has 0 aliphatic rings. The summed E-state index contributed by atoms with van der Waals surface area (Å²) >= 11 is 3.29. The van der Waals surface area contributed by atoms with Crippen molar-refractivity contribution >= 4 is 22.1 Å². The topological polar surface area (TPSA) is 36.4 Å². The molecule has 0 amide bonds. The molecule has 0 aromatic heterocycles. The molecule has 0 atom stereocenters. The van der Waals surface area contributed by atoms with Gasteiger partial charge in [-0.05, 0) is 18.2 Å². The van der Waals surface area contributed by atoms with E-state index in [-0.39, 0.29) is 0 Å². The van der Waals surface area contributed by atoms with Crippen molar-refractivity contribution in [2.45, 2.75) is 0 Å². The number of hydrogen-bond donors (Lipinski definition) is 0. The average molecular weight is 197 g/mol. The molecule has 0 bridgehead atoms. The SMILES string of the molecule is [N-]=[N+]=Cc1cccc(Br)c1. The van der Waals surface area contributed by atoms with Crippen molar-refractivity contribution < 1.29 is 4.79 Å². The van der Waals surface area contributed by atoms with Crippen molar-refractivity contribution in [3.63, 3.8) is 0 Å². The highest BCUT2D eigenvalue weighted by Crippen LogP contribution is 2.09. The maximum Gasteiger partial charge on any atom is 0.287 e. The van der Waals surface area contributed by atoms with Gasteiger partial charge < -0.3 is 5.53 Å². The molecule has 0 aliphatic carbocycles. The third-order valence-corrected chi connectivity index (χ3v) is 1.55. The van der Waals surface area contributed by atoms with Crippen LogP contribution >= 0.6 is 15.9 Å². The van der Waals surface area contributed by atoms with Crippen LogP contribution in [0, 0.1) is 0 Å². The molecule has 0 aliphatic heterocycles. The fourth-order valence-electron chi connectivity index (χ4n) is 0.654. The van der Waals surface area contributed by atoms with Gasteiger partial charge in [-0.1, -0.05) is 22.0 Å². The van der Waals surface area contributed by atoms with Gasteiger partial charge in [-0.25, -0.2) is 0 Å². The predicted molar refractivity (Wildman–Crippen MR) is 42.9 cm³/mol. The Hall–Kier alpha value is -0.920. The van der Waals surface area contributed by atoms with Crippen LogP contribution in [0.1, 0.15) is 5.56 Å². The molecular formula is C7H5BrN2. The Balaban J connectivity index is 3.06. The third kappa shape index (κ3) is 1.79. The van der Waals surface area contributed by atoms with Gasteiger partial charge in [0.25, 0.3) is 6.21 Å². The molecule has 1 aromatic rings. The molecule has 0 fully saturated rings. The Kier molecular flexibility index (Phi) is 2.37. The van der Waals surface area contributed by atoms with Gasteiger partial charge in [0, 0.05) is 4.47 Å². The number of halogens is 1. The molecule has 10 heavy (non-hydrogen) atoms. The first-order valence-corrected chi connectivity index (χ1v) is 3.55. The van der Waals surface area contributed by atoms with Crippen molar-refractivity contribution in [2.75, 3.05) is 0 Å². The molecule has 3 heteroatoms. The van der Waals surface area contributed by atoms with Gasteiger partial charge >= 0.3 is 0 Å². The van der Waals surface area contributed by atoms with Crippen molar-refractivity contribution in [2.24, 2.45) is 0 Å². The summed E-state index contributed by atoms with van der Waals surface area (Å²) in [5.74, 6) is 0. The number of rotatable bonds is 1. The van der Waals surface area contributed by atoms with Crippen LogP contribution in [-0.2, 0) is 0 Å². The van der Waals surface area contributed by atoms with E-state index in [4.69, 9.17) is 5.53 Å². The van der Waals surface area contributed by atoms with E-state index in [1.165, 1.54) is 6.21 Å². The summed E-state index contributed by atoms with van der Waals surface area (Å²) in [7, 11) is 0. The highest BCUT2D eigenvalue weighted by Gasteiger charge is 1.91. The molecule has 0 radical (unpaired) electrons. The number of benzene rings is 1. The first-order chi connectivity index (χ1) is 4.83. The molecule has 0 unspecified atom stereocenters. The minimum Gasteiger partial charge on any atom is -0.361 e. The summed E-state index contributed by atoms with van der Waals surface area (Å²) in [5, 5.41) is 0. The van der Waals surface area contributed by atoms with Crippen LogP contribution in [0.15, 0.2) is 28.7 Å². The second-order valence-electron chi connectivity index (χ2n) is 1.80. The Morgan fingerprint density at radius 3 is 2.90 bits per heavy atom. The summed E-state index contributed by atoms with van der Waals surface area (Å²) in [6.07, 6.45) is 1.38. The second kappa shape index (κ2) is 3.30. The van der Waals surface area contributed by atoms with Crippen LogP contribution in [-0.4, -0.2) is 11.0 Å². The molecule has 1 aromatic carbocycles. The average Bonchev–Trinajstić information content (AvgIpc) is 1.88. The summed E-state index contributed by atoms with van der Waals surface area (Å²) in [5.41, 5.74) is 9.04. The first kappa shape index (κ1) is 7.19. The van der Waals surface area contributed by atoms with Crippen LogP contribution in [0.3, 0.4) is 0 Å². The summed E-state index contributed by atoms with van der Waals surface area (Å²) in [6.45, 7) is 0. The lowest BCUT2D eigenvalue weighted by Gasteiger charge is -1.86. The zero-order valence-corrected chi connectivity index (χ0v) is 6.75. The zero-order chi connectivity index (χ0) is 7.40. The highest BCUT2D eigenvalue weighted by atomic mass is 79.9. The van der Waals surface area contributed by atoms with Gasteiger partial charge in [0.2, 0.25) is 0 Å². The van der Waals surface area contributed by atoms with E-state index in [2.05, 4.69) is 20.7 Å². The molecule has 0 saturated carbocycles. The standard InChI is InChI=1S/C7H5BrN2/c8-7-3-1-2-6(4-7)5-10-9/h1-5H. The monoisotopic (exact) mass is 196 g/mol. The molecule has 1 rings (SSSR count). The Morgan fingerprint density at radius 1 is 1.50 bits per heavy atom. The minimum atomic E-state index is 0.872. The molecule has 50 valence electrons. The largest absolute Gasteiger partial charge is 0.361 e. The van der Waals surface area contributed by atoms with Crippen molar-refractivity contribution in [1.29, 1.82) is 0 Å². The smallest absolute Gasteiger partial charge is 0.287 e. The fourth-order valence-corrected chi connectivity index (χ4v) is 1.07. The van der Waals surface area contributed by atoms with Gasteiger partial charge in [0.15, 0.2) is 0 Å². The van der Waals surface area contributed by atoms with E-state index in [1.807, 2.05) is 24.3 Å². The quantitative estimate of drug-likeness (QED) is 0.375. The third-order valence-electron chi connectivity index (χ3n) is 1.06. The van der Waals surface area contributed by atoms with E-state index < -0.39 is 0 Å². The summed E-state index contributed by atoms with van der Waals surface area (Å²) in [6, 6.07) is 7.50. The Labute approximate surface area is 67.2 Å². The van der Waals surface area contributed by atoms with Gasteiger partial charge in [-0.3, -0.25) is 0 Å². The maximum absolute atomic E-state index is 8.16. The van der Waals surface area contributed by atoms with E-state index in [0.29, 0.717) is 0 Å². The van der Waals surface area contributed by atoms with Gasteiger partial charge in [0.05, 0.1) is 5.56 Å². The number of nitrogens with zero attached hydrogens (tertiary/aromatic N) is 2. The first-order valence-electron chi connectivity index (χ1n) is 2.76. The van der Waals surface area contributed by atoms with Crippen LogP contribution in [0.4, 0.5) is 0 Å². The van der Waals surface area contributed by atoms with Crippen LogP contribution in [0.2, 0.25) is 0 Å². The van der Waals surface area contributed by atoms with E-state index in [9.17, 15) is 0 Å². The highest BCUT2D eigenvalue weighted by molar-refractivity contribution is 9.10. The van der Waals surface area contributed by atoms with Crippen molar-refractivity contribution in [1.82, 2.24) is 0 Å². The van der Waals surface area contributed by atoms with Crippen molar-refractivity contribution in [3.8, 4) is 0 Å². The maximum atomic E-state index is 8.16. The Morgan fingerprint density at radius 2 is 2.30 bits per heavy atom.